The number of rotatable bonds is 10. The van der Waals surface area contributed by atoms with Gasteiger partial charge in [0.1, 0.15) is 5.75 Å². The maximum Gasteiger partial charge on any atom is 0.338 e. The summed E-state index contributed by atoms with van der Waals surface area (Å²) in [6.07, 6.45) is 0. The standard InChI is InChI=1S/C18H21N3O6S2/c1-10-4-5-13(26-9-22)12(14(10)18(24)25-3)8-29-7-6-19-16(23)15(28)17-20-11(2)21-27-17/h4-5,22H,6-9H2,1-3H3,(H,19,23). The summed E-state index contributed by atoms with van der Waals surface area (Å²) in [5.74, 6) is 0.828. The van der Waals surface area contributed by atoms with Crippen LogP contribution in [-0.2, 0) is 15.3 Å². The zero-order chi connectivity index (χ0) is 21.4. The highest BCUT2D eigenvalue weighted by atomic mass is 32.2. The van der Waals surface area contributed by atoms with Gasteiger partial charge in [0, 0.05) is 23.6 Å². The molecule has 0 bridgehead atoms. The second-order valence-corrected chi connectivity index (χ2v) is 7.30. The first kappa shape index (κ1) is 22.8. The minimum Gasteiger partial charge on any atom is -0.467 e. The molecule has 156 valence electrons. The molecule has 0 radical (unpaired) electrons. The Hall–Kier alpha value is -2.50. The number of esters is 1. The quantitative estimate of drug-likeness (QED) is 0.185. The van der Waals surface area contributed by atoms with E-state index in [1.165, 1.54) is 18.9 Å². The third-order valence-corrected chi connectivity index (χ3v) is 5.14. The minimum atomic E-state index is -0.510. The molecule has 0 atom stereocenters. The van der Waals surface area contributed by atoms with Crippen molar-refractivity contribution in [2.45, 2.75) is 19.6 Å². The molecule has 1 heterocycles. The van der Waals surface area contributed by atoms with E-state index < -0.39 is 18.7 Å². The lowest BCUT2D eigenvalue weighted by Crippen LogP contribution is -2.32. The number of aliphatic hydroxyl groups excluding tert-OH is 1. The van der Waals surface area contributed by atoms with Crippen LogP contribution in [0.2, 0.25) is 0 Å². The molecule has 1 aromatic heterocycles. The van der Waals surface area contributed by atoms with Crippen molar-refractivity contribution < 1.29 is 28.7 Å². The lowest BCUT2D eigenvalue weighted by Gasteiger charge is -2.15. The zero-order valence-corrected chi connectivity index (χ0v) is 17.8. The van der Waals surface area contributed by atoms with E-state index in [0.717, 1.165) is 5.56 Å². The van der Waals surface area contributed by atoms with Crippen LogP contribution >= 0.6 is 24.0 Å². The molecule has 1 aromatic carbocycles. The van der Waals surface area contributed by atoms with Crippen LogP contribution in [0.1, 0.15) is 33.2 Å². The molecule has 1 amide bonds. The number of aromatic nitrogens is 2. The van der Waals surface area contributed by atoms with Gasteiger partial charge in [-0.1, -0.05) is 23.4 Å². The number of aryl methyl sites for hydroxylation is 2. The van der Waals surface area contributed by atoms with E-state index in [1.54, 1.807) is 26.0 Å². The van der Waals surface area contributed by atoms with Crippen LogP contribution < -0.4 is 10.1 Å². The van der Waals surface area contributed by atoms with E-state index in [1.807, 2.05) is 0 Å². The molecule has 0 unspecified atom stereocenters. The van der Waals surface area contributed by atoms with Crippen LogP contribution in [-0.4, -0.2) is 58.2 Å². The molecule has 0 saturated carbocycles. The predicted molar refractivity (Wildman–Crippen MR) is 110 cm³/mol. The fourth-order valence-corrected chi connectivity index (χ4v) is 3.49. The first-order chi connectivity index (χ1) is 13.9. The van der Waals surface area contributed by atoms with Gasteiger partial charge in [-0.2, -0.15) is 16.7 Å². The average Bonchev–Trinajstić information content (AvgIpc) is 3.14. The Morgan fingerprint density at radius 2 is 2.10 bits per heavy atom. The van der Waals surface area contributed by atoms with Crippen molar-refractivity contribution >= 4 is 40.7 Å². The molecule has 2 aromatic rings. The second-order valence-electron chi connectivity index (χ2n) is 5.78. The summed E-state index contributed by atoms with van der Waals surface area (Å²) >= 11 is 6.50. The van der Waals surface area contributed by atoms with E-state index in [9.17, 15) is 9.59 Å². The normalized spacial score (nSPS) is 10.5. The van der Waals surface area contributed by atoms with Crippen LogP contribution in [0.3, 0.4) is 0 Å². The molecule has 2 N–H and O–H groups in total. The molecule has 11 heteroatoms. The number of hydrogen-bond acceptors (Lipinski definition) is 10. The predicted octanol–water partition coefficient (Wildman–Crippen LogP) is 1.57. The Morgan fingerprint density at radius 3 is 2.72 bits per heavy atom. The number of thiocarbonyl (C=S) groups is 1. The first-order valence-electron chi connectivity index (χ1n) is 8.54. The van der Waals surface area contributed by atoms with Crippen molar-refractivity contribution in [3.63, 3.8) is 0 Å². The molecule has 0 spiro atoms. The van der Waals surface area contributed by atoms with Crippen LogP contribution in [0, 0.1) is 13.8 Å². The highest BCUT2D eigenvalue weighted by molar-refractivity contribution is 7.98. The van der Waals surface area contributed by atoms with E-state index >= 15 is 0 Å². The molecule has 0 fully saturated rings. The highest BCUT2D eigenvalue weighted by Gasteiger charge is 2.20. The minimum absolute atomic E-state index is 0.0101. The summed E-state index contributed by atoms with van der Waals surface area (Å²) in [5.41, 5.74) is 1.77. The van der Waals surface area contributed by atoms with Gasteiger partial charge in [-0.3, -0.25) is 4.79 Å². The van der Waals surface area contributed by atoms with E-state index in [2.05, 4.69) is 15.5 Å². The van der Waals surface area contributed by atoms with E-state index in [0.29, 0.717) is 40.8 Å². The van der Waals surface area contributed by atoms with Gasteiger partial charge < -0.3 is 24.4 Å². The summed E-state index contributed by atoms with van der Waals surface area (Å²) in [4.78, 5) is 28.1. The van der Waals surface area contributed by atoms with Gasteiger partial charge in [0.15, 0.2) is 17.5 Å². The Kier molecular flexibility index (Phi) is 8.55. The van der Waals surface area contributed by atoms with Gasteiger partial charge in [-0.25, -0.2) is 4.79 Å². The Morgan fingerprint density at radius 1 is 1.34 bits per heavy atom. The monoisotopic (exact) mass is 439 g/mol. The van der Waals surface area contributed by atoms with Crippen molar-refractivity contribution in [2.24, 2.45) is 0 Å². The van der Waals surface area contributed by atoms with E-state index in [4.69, 9.17) is 31.3 Å². The number of carbonyl (C=O) groups excluding carboxylic acids is 2. The number of ether oxygens (including phenoxy) is 2. The van der Waals surface area contributed by atoms with Crippen molar-refractivity contribution in [3.8, 4) is 5.75 Å². The molecular weight excluding hydrogens is 418 g/mol. The topological polar surface area (TPSA) is 124 Å². The molecule has 0 aliphatic carbocycles. The Bertz CT molecular complexity index is 900. The maximum absolute atomic E-state index is 12.2. The number of nitrogens with one attached hydrogen (secondary N) is 1. The zero-order valence-electron chi connectivity index (χ0n) is 16.2. The molecule has 29 heavy (non-hydrogen) atoms. The summed E-state index contributed by atoms with van der Waals surface area (Å²) in [6.45, 7) is 3.26. The molecule has 0 aliphatic rings. The number of thioether (sulfide) groups is 1. The van der Waals surface area contributed by atoms with E-state index in [-0.39, 0.29) is 10.8 Å². The van der Waals surface area contributed by atoms with Crippen molar-refractivity contribution in [2.75, 3.05) is 26.2 Å². The number of carbonyl (C=O) groups is 2. The number of hydrogen-bond donors (Lipinski definition) is 2. The van der Waals surface area contributed by atoms with Gasteiger partial charge in [-0.15, -0.1) is 0 Å². The molecule has 2 rings (SSSR count). The molecular formula is C18H21N3O6S2. The summed E-state index contributed by atoms with van der Waals surface area (Å²) in [6, 6.07) is 3.42. The van der Waals surface area contributed by atoms with Gasteiger partial charge in [0.2, 0.25) is 0 Å². The first-order valence-corrected chi connectivity index (χ1v) is 10.1. The lowest BCUT2D eigenvalue weighted by atomic mass is 10.0. The van der Waals surface area contributed by atoms with Crippen molar-refractivity contribution in [3.05, 3.63) is 40.5 Å². The maximum atomic E-state index is 12.2. The van der Waals surface area contributed by atoms with Crippen LogP contribution in [0.25, 0.3) is 0 Å². The lowest BCUT2D eigenvalue weighted by molar-refractivity contribution is -0.114. The summed E-state index contributed by atoms with van der Waals surface area (Å²) < 4.78 is 15.0. The fourth-order valence-electron chi connectivity index (χ4n) is 2.46. The fraction of sp³-hybridized carbons (Fsp3) is 0.389. The molecule has 0 aliphatic heterocycles. The number of aliphatic hydroxyl groups is 1. The van der Waals surface area contributed by atoms with Crippen LogP contribution in [0.15, 0.2) is 16.7 Å². The SMILES string of the molecule is COC(=O)c1c(C)ccc(OCO)c1CSCCNC(=O)C(=S)c1nc(C)no1. The second kappa shape index (κ2) is 10.9. The number of amides is 1. The van der Waals surface area contributed by atoms with Crippen LogP contribution in [0.5, 0.6) is 5.75 Å². The van der Waals surface area contributed by atoms with Gasteiger partial charge in [-0.05, 0) is 25.5 Å². The third-order valence-electron chi connectivity index (χ3n) is 3.79. The summed E-state index contributed by atoms with van der Waals surface area (Å²) in [5, 5.41) is 15.4. The Balaban J connectivity index is 1.94. The molecule has 9 nitrogen and oxygen atoms in total. The smallest absolute Gasteiger partial charge is 0.338 e. The van der Waals surface area contributed by atoms with Gasteiger partial charge in [0.25, 0.3) is 11.8 Å². The van der Waals surface area contributed by atoms with Crippen LogP contribution in [0.4, 0.5) is 0 Å². The van der Waals surface area contributed by atoms with Crippen molar-refractivity contribution in [1.82, 2.24) is 15.5 Å². The summed E-state index contributed by atoms with van der Waals surface area (Å²) in [7, 11) is 1.31. The number of methoxy groups -OCH3 is 1. The third kappa shape index (κ3) is 5.99. The van der Waals surface area contributed by atoms with Gasteiger partial charge >= 0.3 is 5.97 Å². The average molecular weight is 440 g/mol. The van der Waals surface area contributed by atoms with Gasteiger partial charge in [0.05, 0.1) is 12.7 Å². The number of benzene rings is 1. The Labute approximate surface area is 177 Å². The highest BCUT2D eigenvalue weighted by Crippen LogP contribution is 2.30. The number of nitrogens with zero attached hydrogens (tertiary/aromatic N) is 2. The largest absolute Gasteiger partial charge is 0.467 e. The van der Waals surface area contributed by atoms with Crippen molar-refractivity contribution in [1.29, 1.82) is 0 Å². The molecule has 0 saturated heterocycles.